The number of nitrogens with zero attached hydrogens (tertiary/aromatic N) is 1. The van der Waals surface area contributed by atoms with Crippen molar-refractivity contribution in [2.24, 2.45) is 5.92 Å². The third-order valence-corrected chi connectivity index (χ3v) is 3.59. The molecule has 0 aliphatic carbocycles. The summed E-state index contributed by atoms with van der Waals surface area (Å²) in [6.45, 7) is 1.17. The van der Waals surface area contributed by atoms with Crippen LogP contribution in [0.4, 0.5) is 5.69 Å². The highest BCUT2D eigenvalue weighted by atomic mass is 32.2. The van der Waals surface area contributed by atoms with Gasteiger partial charge in [-0.3, -0.25) is 9.00 Å². The third kappa shape index (κ3) is 2.65. The average molecular weight is 254 g/mol. The van der Waals surface area contributed by atoms with E-state index in [9.17, 15) is 13.6 Å². The Hall–Kier alpha value is -1.40. The summed E-state index contributed by atoms with van der Waals surface area (Å²) in [6.07, 6.45) is 0.630. The van der Waals surface area contributed by atoms with E-state index in [-0.39, 0.29) is 10.8 Å². The molecule has 0 saturated carbocycles. The minimum Gasteiger partial charge on any atom is -0.768 e. The van der Waals surface area contributed by atoms with E-state index in [4.69, 9.17) is 5.11 Å². The lowest BCUT2D eigenvalue weighted by atomic mass is 10.1. The van der Waals surface area contributed by atoms with Crippen LogP contribution in [0.1, 0.15) is 6.42 Å². The molecule has 2 rings (SSSR count). The van der Waals surface area contributed by atoms with E-state index >= 15 is 0 Å². The van der Waals surface area contributed by atoms with Gasteiger partial charge in [-0.25, -0.2) is 0 Å². The molecule has 17 heavy (non-hydrogen) atoms. The lowest BCUT2D eigenvalue weighted by Gasteiger charge is -2.18. The molecule has 1 aliphatic heterocycles. The smallest absolute Gasteiger partial charge is 0.308 e. The monoisotopic (exact) mass is 254 g/mol. The van der Waals surface area contributed by atoms with Crippen molar-refractivity contribution in [2.75, 3.05) is 18.0 Å². The highest BCUT2D eigenvalue weighted by Gasteiger charge is 2.27. The third-order valence-electron chi connectivity index (χ3n) is 2.93. The minimum absolute atomic E-state index is 0.239. The predicted octanol–water partition coefficient (Wildman–Crippen LogP) is 0.835. The van der Waals surface area contributed by atoms with Crippen LogP contribution in [0, 0.1) is 5.92 Å². The highest BCUT2D eigenvalue weighted by Crippen LogP contribution is 2.24. The fourth-order valence-electron chi connectivity index (χ4n) is 1.96. The number of rotatable bonds is 3. The first-order chi connectivity index (χ1) is 8.08. The summed E-state index contributed by atoms with van der Waals surface area (Å²) in [7, 11) is 0. The summed E-state index contributed by atoms with van der Waals surface area (Å²) < 4.78 is 21.4. The van der Waals surface area contributed by atoms with E-state index < -0.39 is 17.0 Å². The second kappa shape index (κ2) is 4.85. The summed E-state index contributed by atoms with van der Waals surface area (Å²) in [6, 6.07) is 6.45. The number of benzene rings is 1. The van der Waals surface area contributed by atoms with Gasteiger partial charge in [-0.1, -0.05) is 0 Å². The number of carboxylic acid groups (broad SMARTS) is 1. The number of carboxylic acids is 1. The number of hydrogen-bond donors (Lipinski definition) is 1. The van der Waals surface area contributed by atoms with Crippen LogP contribution in [0.2, 0.25) is 0 Å². The van der Waals surface area contributed by atoms with Gasteiger partial charge in [0.15, 0.2) is 0 Å². The molecule has 1 aromatic carbocycles. The van der Waals surface area contributed by atoms with Crippen LogP contribution in [0.25, 0.3) is 0 Å². The molecule has 0 spiro atoms. The Morgan fingerprint density at radius 1 is 1.41 bits per heavy atom. The Labute approximate surface area is 101 Å². The van der Waals surface area contributed by atoms with Crippen molar-refractivity contribution >= 4 is 22.7 Å². The molecule has 1 fully saturated rings. The highest BCUT2D eigenvalue weighted by molar-refractivity contribution is 7.79. The van der Waals surface area contributed by atoms with Crippen LogP contribution in [-0.2, 0) is 15.9 Å². The Kier molecular flexibility index (Phi) is 3.44. The molecule has 92 valence electrons. The second-order valence-electron chi connectivity index (χ2n) is 4.00. The largest absolute Gasteiger partial charge is 0.768 e. The lowest BCUT2D eigenvalue weighted by molar-refractivity contribution is -0.140. The van der Waals surface area contributed by atoms with E-state index in [1.807, 2.05) is 4.90 Å². The minimum atomic E-state index is -2.22. The first-order valence-electron chi connectivity index (χ1n) is 5.25. The SMILES string of the molecule is O=C(O)C1CCN(c2ccc(S(=O)[O-])cc2)C1. The van der Waals surface area contributed by atoms with Crippen molar-refractivity contribution in [1.82, 2.24) is 0 Å². The molecule has 1 aliphatic rings. The summed E-state index contributed by atoms with van der Waals surface area (Å²) in [4.78, 5) is 13.0. The van der Waals surface area contributed by atoms with Gasteiger partial charge in [0.25, 0.3) is 0 Å². The normalized spacial score (nSPS) is 21.5. The van der Waals surface area contributed by atoms with Crippen molar-refractivity contribution in [3.8, 4) is 0 Å². The fraction of sp³-hybridized carbons (Fsp3) is 0.364. The van der Waals surface area contributed by atoms with Gasteiger partial charge in [0.2, 0.25) is 0 Å². The number of carbonyl (C=O) groups is 1. The molecular formula is C11H12NO4S-. The zero-order chi connectivity index (χ0) is 12.4. The summed E-state index contributed by atoms with van der Waals surface area (Å²) in [5, 5.41) is 8.89. The molecule has 1 N–H and O–H groups in total. The van der Waals surface area contributed by atoms with Crippen molar-refractivity contribution in [3.05, 3.63) is 24.3 Å². The molecule has 0 aromatic heterocycles. The molecule has 2 atom stereocenters. The van der Waals surface area contributed by atoms with Crippen LogP contribution < -0.4 is 4.90 Å². The summed E-state index contributed by atoms with van der Waals surface area (Å²) in [5.41, 5.74) is 0.864. The zero-order valence-electron chi connectivity index (χ0n) is 9.04. The molecule has 1 heterocycles. The Morgan fingerprint density at radius 2 is 2.06 bits per heavy atom. The lowest BCUT2D eigenvalue weighted by Crippen LogP contribution is -2.22. The Morgan fingerprint density at radius 3 is 2.53 bits per heavy atom. The van der Waals surface area contributed by atoms with Crippen LogP contribution >= 0.6 is 0 Å². The topological polar surface area (TPSA) is 80.7 Å². The average Bonchev–Trinajstić information content (AvgIpc) is 2.78. The van der Waals surface area contributed by atoms with Crippen molar-refractivity contribution in [1.29, 1.82) is 0 Å². The van der Waals surface area contributed by atoms with Gasteiger partial charge in [0, 0.05) is 23.7 Å². The maximum absolute atomic E-state index is 10.8. The van der Waals surface area contributed by atoms with Crippen molar-refractivity contribution < 1.29 is 18.7 Å². The van der Waals surface area contributed by atoms with Crippen LogP contribution in [-0.4, -0.2) is 32.9 Å². The molecular weight excluding hydrogens is 242 g/mol. The quantitative estimate of drug-likeness (QED) is 0.808. The number of aliphatic carboxylic acids is 1. The molecule has 5 nitrogen and oxygen atoms in total. The van der Waals surface area contributed by atoms with Gasteiger partial charge >= 0.3 is 5.97 Å². The molecule has 0 radical (unpaired) electrons. The maximum atomic E-state index is 10.8. The van der Waals surface area contributed by atoms with E-state index in [1.54, 1.807) is 12.1 Å². The summed E-state index contributed by atoms with van der Waals surface area (Å²) in [5.74, 6) is -1.10. The van der Waals surface area contributed by atoms with Gasteiger partial charge in [-0.05, 0) is 41.8 Å². The van der Waals surface area contributed by atoms with Crippen LogP contribution in [0.5, 0.6) is 0 Å². The van der Waals surface area contributed by atoms with Crippen LogP contribution in [0.15, 0.2) is 29.2 Å². The summed E-state index contributed by atoms with van der Waals surface area (Å²) >= 11 is -2.22. The van der Waals surface area contributed by atoms with Crippen LogP contribution in [0.3, 0.4) is 0 Å². The van der Waals surface area contributed by atoms with Crippen molar-refractivity contribution in [3.63, 3.8) is 0 Å². The first-order valence-corrected chi connectivity index (χ1v) is 6.32. The molecule has 6 heteroatoms. The number of hydrogen-bond acceptors (Lipinski definition) is 4. The fourth-order valence-corrected chi connectivity index (χ4v) is 2.32. The van der Waals surface area contributed by atoms with Gasteiger partial charge in [0.05, 0.1) is 5.92 Å². The van der Waals surface area contributed by atoms with E-state index in [2.05, 4.69) is 0 Å². The predicted molar refractivity (Wildman–Crippen MR) is 61.6 cm³/mol. The standard InChI is InChI=1S/C11H13NO4S/c13-11(14)8-5-6-12(7-8)9-1-3-10(4-2-9)17(15)16/h1-4,8H,5-7H2,(H,13,14)(H,15,16)/p-1. The molecule has 1 aromatic rings. The maximum Gasteiger partial charge on any atom is 0.308 e. The molecule has 0 amide bonds. The number of anilines is 1. The Bertz CT molecular complexity index is 445. The molecule has 2 unspecified atom stereocenters. The zero-order valence-corrected chi connectivity index (χ0v) is 9.85. The first kappa shape index (κ1) is 12.1. The second-order valence-corrected chi connectivity index (χ2v) is 4.94. The van der Waals surface area contributed by atoms with Crippen molar-refractivity contribution in [2.45, 2.75) is 11.3 Å². The van der Waals surface area contributed by atoms with Gasteiger partial charge in [-0.15, -0.1) is 0 Å². The van der Waals surface area contributed by atoms with Gasteiger partial charge < -0.3 is 14.6 Å². The van der Waals surface area contributed by atoms with Gasteiger partial charge in [0.1, 0.15) is 0 Å². The van der Waals surface area contributed by atoms with E-state index in [0.29, 0.717) is 19.5 Å². The van der Waals surface area contributed by atoms with E-state index in [1.165, 1.54) is 12.1 Å². The molecule has 0 bridgehead atoms. The van der Waals surface area contributed by atoms with Gasteiger partial charge in [-0.2, -0.15) is 0 Å². The Balaban J connectivity index is 2.09. The molecule has 1 saturated heterocycles. The van der Waals surface area contributed by atoms with E-state index in [0.717, 1.165) is 5.69 Å².